The van der Waals surface area contributed by atoms with Crippen LogP contribution in [0.15, 0.2) is 4.99 Å². The summed E-state index contributed by atoms with van der Waals surface area (Å²) in [4.78, 5) is 4.13. The van der Waals surface area contributed by atoms with E-state index in [1.165, 1.54) is 0 Å². The molecule has 0 aliphatic carbocycles. The van der Waals surface area contributed by atoms with Crippen molar-refractivity contribution < 1.29 is 8.95 Å². The van der Waals surface area contributed by atoms with Gasteiger partial charge in [0, 0.05) is 36.0 Å². The molecule has 0 bridgehead atoms. The summed E-state index contributed by atoms with van der Waals surface area (Å²) in [6, 6.07) is 0.122. The van der Waals surface area contributed by atoms with Gasteiger partial charge in [-0.25, -0.2) is 5.84 Å². The van der Waals surface area contributed by atoms with Gasteiger partial charge in [-0.3, -0.25) is 14.6 Å². The van der Waals surface area contributed by atoms with Crippen LogP contribution in [0.1, 0.15) is 6.92 Å². The van der Waals surface area contributed by atoms with E-state index in [1.54, 1.807) is 13.4 Å². The fraction of sp³-hybridized carbons (Fsp3) is 0.875. The number of methoxy groups -OCH3 is 1. The average molecular weight is 236 g/mol. The molecule has 0 heterocycles. The number of hydrogen-bond acceptors (Lipinski definition) is 4. The first-order valence-electron chi connectivity index (χ1n) is 4.66. The van der Waals surface area contributed by atoms with Gasteiger partial charge in [-0.05, 0) is 6.92 Å². The van der Waals surface area contributed by atoms with E-state index in [0.29, 0.717) is 24.9 Å². The molecular weight excluding hydrogens is 216 g/mol. The number of hydrogen-bond donors (Lipinski definition) is 3. The lowest BCUT2D eigenvalue weighted by Crippen LogP contribution is -2.47. The predicted octanol–water partition coefficient (Wildman–Crippen LogP) is -1.19. The first kappa shape index (κ1) is 14.3. The molecule has 0 saturated heterocycles. The quantitative estimate of drug-likeness (QED) is 0.233. The Kier molecular flexibility index (Phi) is 8.25. The molecule has 90 valence electrons. The van der Waals surface area contributed by atoms with Crippen LogP contribution in [-0.2, 0) is 15.5 Å². The van der Waals surface area contributed by atoms with E-state index in [0.717, 1.165) is 0 Å². The van der Waals surface area contributed by atoms with Gasteiger partial charge in [-0.15, -0.1) is 0 Å². The average Bonchev–Trinajstić information content (AvgIpc) is 2.16. The molecule has 0 aliphatic heterocycles. The highest BCUT2D eigenvalue weighted by Gasteiger charge is 2.03. The van der Waals surface area contributed by atoms with Crippen molar-refractivity contribution in [3.8, 4) is 0 Å². The number of aliphatic imine (C=N–C) groups is 1. The third-order valence-corrected chi connectivity index (χ3v) is 2.34. The molecule has 0 amide bonds. The molecular formula is C8H20N4O2S. The zero-order valence-electron chi connectivity index (χ0n) is 9.45. The molecule has 15 heavy (non-hydrogen) atoms. The van der Waals surface area contributed by atoms with Crippen molar-refractivity contribution in [1.82, 2.24) is 10.7 Å². The molecule has 0 aromatic heterocycles. The zero-order valence-corrected chi connectivity index (χ0v) is 10.3. The lowest BCUT2D eigenvalue weighted by molar-refractivity contribution is 0.179. The van der Waals surface area contributed by atoms with E-state index in [-0.39, 0.29) is 6.04 Å². The van der Waals surface area contributed by atoms with Gasteiger partial charge in [-0.1, -0.05) is 0 Å². The molecule has 0 rings (SSSR count). The van der Waals surface area contributed by atoms with Crippen molar-refractivity contribution in [2.45, 2.75) is 13.0 Å². The maximum absolute atomic E-state index is 10.8. The largest absolute Gasteiger partial charge is 0.383 e. The fourth-order valence-corrected chi connectivity index (χ4v) is 1.29. The fourth-order valence-electron chi connectivity index (χ4n) is 0.944. The van der Waals surface area contributed by atoms with Crippen LogP contribution in [0.5, 0.6) is 0 Å². The summed E-state index contributed by atoms with van der Waals surface area (Å²) in [7, 11) is 0.802. The Labute approximate surface area is 93.1 Å². The number of nitrogens with zero attached hydrogens (tertiary/aromatic N) is 1. The number of guanidine groups is 1. The lowest BCUT2D eigenvalue weighted by Gasteiger charge is -2.15. The molecule has 6 nitrogen and oxygen atoms in total. The second-order valence-electron chi connectivity index (χ2n) is 3.15. The van der Waals surface area contributed by atoms with Crippen LogP contribution in [-0.4, -0.2) is 48.5 Å². The van der Waals surface area contributed by atoms with Crippen molar-refractivity contribution in [2.75, 3.05) is 32.3 Å². The van der Waals surface area contributed by atoms with Gasteiger partial charge >= 0.3 is 0 Å². The van der Waals surface area contributed by atoms with Crippen LogP contribution in [0.4, 0.5) is 0 Å². The van der Waals surface area contributed by atoms with Gasteiger partial charge < -0.3 is 10.1 Å². The highest BCUT2D eigenvalue weighted by Crippen LogP contribution is 1.83. The minimum Gasteiger partial charge on any atom is -0.383 e. The minimum absolute atomic E-state index is 0.122. The van der Waals surface area contributed by atoms with Gasteiger partial charge in [0.15, 0.2) is 0 Å². The first-order chi connectivity index (χ1) is 7.10. The second kappa shape index (κ2) is 8.63. The summed E-state index contributed by atoms with van der Waals surface area (Å²) in [6.07, 6.45) is 1.64. The van der Waals surface area contributed by atoms with Gasteiger partial charge in [0.2, 0.25) is 5.96 Å². The SMILES string of the molecule is COCC(C)NC(=NCCS(C)=O)NN. The highest BCUT2D eigenvalue weighted by atomic mass is 32.2. The van der Waals surface area contributed by atoms with Crippen molar-refractivity contribution in [3.05, 3.63) is 0 Å². The van der Waals surface area contributed by atoms with E-state index in [1.807, 2.05) is 6.92 Å². The van der Waals surface area contributed by atoms with Crippen LogP contribution in [0.25, 0.3) is 0 Å². The van der Waals surface area contributed by atoms with Crippen molar-refractivity contribution in [1.29, 1.82) is 0 Å². The highest BCUT2D eigenvalue weighted by molar-refractivity contribution is 7.84. The zero-order chi connectivity index (χ0) is 11.7. The maximum Gasteiger partial charge on any atom is 0.206 e. The van der Waals surface area contributed by atoms with Crippen LogP contribution in [0, 0.1) is 0 Å². The molecule has 0 fully saturated rings. The molecule has 4 N–H and O–H groups in total. The Morgan fingerprint density at radius 3 is 2.80 bits per heavy atom. The Morgan fingerprint density at radius 2 is 2.33 bits per heavy atom. The van der Waals surface area contributed by atoms with Gasteiger partial charge in [-0.2, -0.15) is 0 Å². The second-order valence-corrected chi connectivity index (χ2v) is 4.71. The van der Waals surface area contributed by atoms with Crippen molar-refractivity contribution in [2.24, 2.45) is 10.8 Å². The Morgan fingerprint density at radius 1 is 1.67 bits per heavy atom. The molecule has 0 aromatic rings. The predicted molar refractivity (Wildman–Crippen MR) is 63.0 cm³/mol. The summed E-state index contributed by atoms with van der Waals surface area (Å²) in [6.45, 7) is 3.00. The topological polar surface area (TPSA) is 88.7 Å². The van der Waals surface area contributed by atoms with E-state index >= 15 is 0 Å². The number of ether oxygens (including phenoxy) is 1. The third-order valence-electron chi connectivity index (χ3n) is 1.59. The van der Waals surface area contributed by atoms with E-state index in [9.17, 15) is 4.21 Å². The molecule has 0 saturated carbocycles. The smallest absolute Gasteiger partial charge is 0.206 e. The Hall–Kier alpha value is -0.660. The third kappa shape index (κ3) is 8.34. The molecule has 7 heteroatoms. The van der Waals surface area contributed by atoms with Crippen LogP contribution < -0.4 is 16.6 Å². The molecule has 2 unspecified atom stereocenters. The van der Waals surface area contributed by atoms with Crippen molar-refractivity contribution in [3.63, 3.8) is 0 Å². The Balaban J connectivity index is 3.94. The number of rotatable bonds is 6. The summed E-state index contributed by atoms with van der Waals surface area (Å²) in [5, 5.41) is 3.03. The molecule has 0 aliphatic rings. The van der Waals surface area contributed by atoms with E-state index in [2.05, 4.69) is 15.7 Å². The van der Waals surface area contributed by atoms with Crippen LogP contribution in [0.3, 0.4) is 0 Å². The summed E-state index contributed by atoms with van der Waals surface area (Å²) in [5.41, 5.74) is 2.45. The van der Waals surface area contributed by atoms with Gasteiger partial charge in [0.1, 0.15) is 0 Å². The summed E-state index contributed by atoms with van der Waals surface area (Å²) < 4.78 is 15.7. The summed E-state index contributed by atoms with van der Waals surface area (Å²) in [5.74, 6) is 6.30. The number of nitrogens with two attached hydrogens (primary N) is 1. The molecule has 0 aromatic carbocycles. The van der Waals surface area contributed by atoms with Crippen LogP contribution in [0.2, 0.25) is 0 Å². The molecule has 0 spiro atoms. The summed E-state index contributed by atoms with van der Waals surface area (Å²) >= 11 is 0. The first-order valence-corrected chi connectivity index (χ1v) is 6.39. The molecule has 2 atom stereocenters. The lowest BCUT2D eigenvalue weighted by atomic mass is 10.4. The monoisotopic (exact) mass is 236 g/mol. The Bertz CT molecular complexity index is 223. The van der Waals surface area contributed by atoms with Crippen LogP contribution >= 0.6 is 0 Å². The maximum atomic E-state index is 10.8. The normalized spacial score (nSPS) is 15.9. The van der Waals surface area contributed by atoms with E-state index < -0.39 is 10.8 Å². The number of hydrazine groups is 1. The van der Waals surface area contributed by atoms with Gasteiger partial charge in [0.05, 0.1) is 13.2 Å². The standard InChI is InChI=1S/C8H20N4O2S/c1-7(6-14-2)11-8(12-9)10-4-5-15(3)13/h7H,4-6,9H2,1-3H3,(H2,10,11,12). The van der Waals surface area contributed by atoms with Crippen molar-refractivity contribution >= 4 is 16.8 Å². The molecule has 0 radical (unpaired) electrons. The van der Waals surface area contributed by atoms with Gasteiger partial charge in [0.25, 0.3) is 0 Å². The minimum atomic E-state index is -0.828. The van der Waals surface area contributed by atoms with E-state index in [4.69, 9.17) is 10.6 Å². The number of nitrogens with one attached hydrogen (secondary N) is 2.